The number of alkyl halides is 1. The smallest absolute Gasteiger partial charge is 0.251 e. The molecule has 0 radical (unpaired) electrons. The summed E-state index contributed by atoms with van der Waals surface area (Å²) in [5.74, 6) is 0.318. The molecule has 1 aliphatic heterocycles. The maximum absolute atomic E-state index is 13.4. The summed E-state index contributed by atoms with van der Waals surface area (Å²) in [5.41, 5.74) is 3.00. The fourth-order valence-corrected chi connectivity index (χ4v) is 4.60. The maximum atomic E-state index is 13.4. The van der Waals surface area contributed by atoms with Gasteiger partial charge in [-0.05, 0) is 57.8 Å². The van der Waals surface area contributed by atoms with Crippen molar-refractivity contribution >= 4 is 45.4 Å². The Morgan fingerprint density at radius 1 is 1.24 bits per heavy atom. The Morgan fingerprint density at radius 3 is 2.70 bits per heavy atom. The molecule has 1 fully saturated rings. The highest BCUT2D eigenvalue weighted by molar-refractivity contribution is 6.09. The SMILES string of the molecule is CC(F)c1cnc(N[C@H]2CCN(c3ccc4c(c3)oc3cc(C(=O)NCCN(C)C)ccc34)C(=O)C2)[nH]1. The average Bonchev–Trinajstić information content (AvgIpc) is 3.47. The van der Waals surface area contributed by atoms with Gasteiger partial charge in [-0.2, -0.15) is 0 Å². The molecule has 10 heteroatoms. The van der Waals surface area contributed by atoms with Gasteiger partial charge in [0.1, 0.15) is 17.3 Å². The van der Waals surface area contributed by atoms with Gasteiger partial charge in [0.05, 0.1) is 11.9 Å². The Hall–Kier alpha value is -3.92. The van der Waals surface area contributed by atoms with Crippen LogP contribution in [0.5, 0.6) is 0 Å². The van der Waals surface area contributed by atoms with Crippen LogP contribution < -0.4 is 15.5 Å². The van der Waals surface area contributed by atoms with Crippen molar-refractivity contribution in [1.29, 1.82) is 0 Å². The van der Waals surface area contributed by atoms with Crippen LogP contribution in [0.1, 0.15) is 42.0 Å². The first-order chi connectivity index (χ1) is 17.8. The van der Waals surface area contributed by atoms with Crippen LogP contribution in [0, 0.1) is 0 Å². The monoisotopic (exact) mass is 506 g/mol. The number of hydrogen-bond donors (Lipinski definition) is 3. The molecule has 5 rings (SSSR count). The summed E-state index contributed by atoms with van der Waals surface area (Å²) >= 11 is 0. The molecule has 2 aromatic heterocycles. The van der Waals surface area contributed by atoms with Gasteiger partial charge in [-0.3, -0.25) is 9.59 Å². The number of amides is 2. The summed E-state index contributed by atoms with van der Waals surface area (Å²) in [7, 11) is 3.92. The highest BCUT2D eigenvalue weighted by Gasteiger charge is 2.28. The molecule has 0 bridgehead atoms. The standard InChI is InChI=1S/C27H31FN6O3/c1-16(28)22-15-30-27(32-22)31-18-8-10-34(25(35)13-18)19-5-7-21-20-6-4-17(12-23(20)37-24(21)14-19)26(36)29-9-11-33(2)3/h4-7,12,14-16,18H,8-11,13H2,1-3H3,(H,29,36)(H2,30,31,32)/t16?,18-/m0/s1. The molecular formula is C27H31FN6O3. The van der Waals surface area contributed by atoms with Crippen LogP contribution in [0.25, 0.3) is 21.9 Å². The fraction of sp³-hybridized carbons (Fsp3) is 0.370. The van der Waals surface area contributed by atoms with E-state index in [-0.39, 0.29) is 17.9 Å². The minimum Gasteiger partial charge on any atom is -0.456 e. The van der Waals surface area contributed by atoms with E-state index in [9.17, 15) is 14.0 Å². The lowest BCUT2D eigenvalue weighted by Crippen LogP contribution is -2.43. The third-order valence-electron chi connectivity index (χ3n) is 6.66. The topological polar surface area (TPSA) is 106 Å². The molecule has 37 heavy (non-hydrogen) atoms. The van der Waals surface area contributed by atoms with Gasteiger partial charge in [-0.1, -0.05) is 0 Å². The highest BCUT2D eigenvalue weighted by Crippen LogP contribution is 2.33. The Bertz CT molecular complexity index is 1440. The van der Waals surface area contributed by atoms with E-state index in [4.69, 9.17) is 4.42 Å². The third-order valence-corrected chi connectivity index (χ3v) is 6.66. The molecule has 1 unspecified atom stereocenters. The number of carbonyl (C=O) groups is 2. The number of rotatable bonds is 8. The van der Waals surface area contributed by atoms with Gasteiger partial charge in [0.15, 0.2) is 0 Å². The summed E-state index contributed by atoms with van der Waals surface area (Å²) in [4.78, 5) is 36.3. The van der Waals surface area contributed by atoms with Crippen molar-refractivity contribution in [1.82, 2.24) is 20.2 Å². The molecule has 4 aromatic rings. The molecule has 3 N–H and O–H groups in total. The number of H-pyrrole nitrogens is 1. The number of likely N-dealkylation sites (N-methyl/N-ethyl adjacent to an activating group) is 1. The molecule has 0 saturated carbocycles. The second-order valence-electron chi connectivity index (χ2n) is 9.74. The Balaban J connectivity index is 1.28. The van der Waals surface area contributed by atoms with Crippen LogP contribution >= 0.6 is 0 Å². The quantitative estimate of drug-likeness (QED) is 0.330. The first-order valence-corrected chi connectivity index (χ1v) is 12.4. The van der Waals surface area contributed by atoms with E-state index >= 15 is 0 Å². The number of anilines is 2. The zero-order valence-corrected chi connectivity index (χ0v) is 21.2. The average molecular weight is 507 g/mol. The minimum atomic E-state index is -1.13. The molecule has 9 nitrogen and oxygen atoms in total. The van der Waals surface area contributed by atoms with Gasteiger partial charge in [0, 0.05) is 60.2 Å². The number of hydrogen-bond acceptors (Lipinski definition) is 6. The normalized spacial score (nSPS) is 17.1. The highest BCUT2D eigenvalue weighted by atomic mass is 19.1. The lowest BCUT2D eigenvalue weighted by molar-refractivity contribution is -0.119. The number of carbonyl (C=O) groups excluding carboxylic acids is 2. The molecule has 2 atom stereocenters. The van der Waals surface area contributed by atoms with E-state index in [1.165, 1.54) is 13.1 Å². The fourth-order valence-electron chi connectivity index (χ4n) is 4.60. The first kappa shape index (κ1) is 24.8. The number of furan rings is 1. The summed E-state index contributed by atoms with van der Waals surface area (Å²) in [6, 6.07) is 11.1. The number of aromatic amines is 1. The lowest BCUT2D eigenvalue weighted by atomic mass is 10.0. The molecule has 194 valence electrons. The van der Waals surface area contributed by atoms with Crippen molar-refractivity contribution in [2.75, 3.05) is 43.9 Å². The van der Waals surface area contributed by atoms with Gasteiger partial charge in [0.2, 0.25) is 11.9 Å². The molecule has 2 amide bonds. The molecule has 0 aliphatic carbocycles. The second kappa shape index (κ2) is 10.2. The zero-order valence-electron chi connectivity index (χ0n) is 21.2. The Morgan fingerprint density at radius 2 is 2.00 bits per heavy atom. The first-order valence-electron chi connectivity index (χ1n) is 12.4. The van der Waals surface area contributed by atoms with Crippen molar-refractivity contribution < 1.29 is 18.4 Å². The van der Waals surface area contributed by atoms with Crippen molar-refractivity contribution in [2.45, 2.75) is 32.0 Å². The van der Waals surface area contributed by atoms with Crippen molar-refractivity contribution in [3.05, 3.63) is 53.9 Å². The number of fused-ring (bicyclic) bond motifs is 3. The van der Waals surface area contributed by atoms with Crippen molar-refractivity contribution in [2.24, 2.45) is 0 Å². The van der Waals surface area contributed by atoms with Crippen LogP contribution in [-0.4, -0.2) is 66.5 Å². The number of nitrogens with zero attached hydrogens (tertiary/aromatic N) is 3. The molecular weight excluding hydrogens is 475 g/mol. The largest absolute Gasteiger partial charge is 0.456 e. The van der Waals surface area contributed by atoms with Gasteiger partial charge in [-0.15, -0.1) is 0 Å². The summed E-state index contributed by atoms with van der Waals surface area (Å²) in [5, 5.41) is 7.97. The summed E-state index contributed by atoms with van der Waals surface area (Å²) in [6.07, 6.45) is 1.35. The predicted octanol–water partition coefficient (Wildman–Crippen LogP) is 4.24. The molecule has 2 aromatic carbocycles. The predicted molar refractivity (Wildman–Crippen MR) is 142 cm³/mol. The van der Waals surface area contributed by atoms with Crippen LogP contribution in [0.2, 0.25) is 0 Å². The van der Waals surface area contributed by atoms with Gasteiger partial charge in [-0.25, -0.2) is 9.37 Å². The number of halogens is 1. The van der Waals surface area contributed by atoms with E-state index in [0.717, 1.165) is 29.4 Å². The minimum absolute atomic E-state index is 0.0125. The van der Waals surface area contributed by atoms with Crippen LogP contribution in [-0.2, 0) is 4.79 Å². The molecule has 0 spiro atoms. The van der Waals surface area contributed by atoms with E-state index < -0.39 is 6.17 Å². The number of nitrogens with one attached hydrogen (secondary N) is 3. The van der Waals surface area contributed by atoms with Crippen molar-refractivity contribution in [3.63, 3.8) is 0 Å². The van der Waals surface area contributed by atoms with Crippen LogP contribution in [0.3, 0.4) is 0 Å². The third kappa shape index (κ3) is 5.29. The van der Waals surface area contributed by atoms with E-state index in [2.05, 4.69) is 20.6 Å². The van der Waals surface area contributed by atoms with Crippen LogP contribution in [0.15, 0.2) is 47.0 Å². The summed E-state index contributed by atoms with van der Waals surface area (Å²) < 4.78 is 19.5. The van der Waals surface area contributed by atoms with E-state index in [1.54, 1.807) is 17.0 Å². The summed E-state index contributed by atoms with van der Waals surface area (Å²) in [6.45, 7) is 3.30. The zero-order chi connectivity index (χ0) is 26.1. The number of benzene rings is 2. The van der Waals surface area contributed by atoms with Gasteiger partial charge < -0.3 is 29.8 Å². The molecule has 1 saturated heterocycles. The van der Waals surface area contributed by atoms with E-state index in [1.807, 2.05) is 43.3 Å². The van der Waals surface area contributed by atoms with Crippen molar-refractivity contribution in [3.8, 4) is 0 Å². The molecule has 3 heterocycles. The number of imidazole rings is 1. The maximum Gasteiger partial charge on any atom is 0.251 e. The number of aromatic nitrogens is 2. The van der Waals surface area contributed by atoms with Crippen LogP contribution in [0.4, 0.5) is 16.0 Å². The van der Waals surface area contributed by atoms with E-state index in [0.29, 0.717) is 47.9 Å². The second-order valence-corrected chi connectivity index (χ2v) is 9.74. The lowest BCUT2D eigenvalue weighted by Gasteiger charge is -2.32. The van der Waals surface area contributed by atoms with Gasteiger partial charge in [0.25, 0.3) is 5.91 Å². The number of piperidine rings is 1. The van der Waals surface area contributed by atoms with Gasteiger partial charge >= 0.3 is 0 Å². The molecule has 1 aliphatic rings. The Labute approximate surface area is 214 Å². The Kier molecular flexibility index (Phi) is 6.84.